The van der Waals surface area contributed by atoms with Gasteiger partial charge in [-0.05, 0) is 29.8 Å². The van der Waals surface area contributed by atoms with E-state index in [4.69, 9.17) is 22.1 Å². The van der Waals surface area contributed by atoms with Gasteiger partial charge in [0.25, 0.3) is 15.9 Å². The lowest BCUT2D eigenvalue weighted by Gasteiger charge is -2.15. The third-order valence-corrected chi connectivity index (χ3v) is 6.36. The zero-order valence-electron chi connectivity index (χ0n) is 19.4. The first kappa shape index (κ1) is 26.8. The normalized spacial score (nSPS) is 11.4. The lowest BCUT2D eigenvalue weighted by atomic mass is 10.1. The fraction of sp³-hybridized carbons (Fsp3) is 0.130. The highest BCUT2D eigenvalue weighted by Gasteiger charge is 2.26. The second-order valence-corrected chi connectivity index (χ2v) is 9.83. The molecule has 11 nitrogen and oxygen atoms in total. The van der Waals surface area contributed by atoms with Crippen molar-refractivity contribution >= 4 is 44.9 Å². The third kappa shape index (κ3) is 6.33. The van der Waals surface area contributed by atoms with Gasteiger partial charge < -0.3 is 15.8 Å². The number of benzene rings is 2. The highest BCUT2D eigenvalue weighted by Crippen LogP contribution is 2.35. The molecule has 4 rings (SSSR count). The number of nitrogens with zero attached hydrogens (tertiary/aromatic N) is 3. The number of carbonyl (C=O) groups excluding carboxylic acids is 1. The van der Waals surface area contributed by atoms with Crippen LogP contribution in [-0.2, 0) is 16.4 Å². The number of anilines is 3. The molecule has 0 aliphatic rings. The van der Waals surface area contributed by atoms with Gasteiger partial charge in [-0.25, -0.2) is 13.4 Å². The van der Waals surface area contributed by atoms with E-state index < -0.39 is 21.7 Å². The highest BCUT2D eigenvalue weighted by atomic mass is 35.5. The van der Waals surface area contributed by atoms with Gasteiger partial charge in [-0.2, -0.15) is 13.9 Å². The molecule has 0 unspecified atom stereocenters. The largest absolute Gasteiger partial charge is 0.491 e. The Labute approximate surface area is 220 Å². The Kier molecular flexibility index (Phi) is 8.02. The monoisotopic (exact) mass is 563 g/mol. The molecule has 0 saturated carbocycles. The van der Waals surface area contributed by atoms with Crippen molar-refractivity contribution in [1.29, 1.82) is 0 Å². The lowest BCUT2D eigenvalue weighted by Crippen LogP contribution is -2.21. The van der Waals surface area contributed by atoms with Crippen LogP contribution in [0.3, 0.4) is 0 Å². The van der Waals surface area contributed by atoms with Gasteiger partial charge in [-0.15, -0.1) is 0 Å². The molecule has 1 amide bonds. The van der Waals surface area contributed by atoms with Crippen LogP contribution in [0.1, 0.15) is 15.9 Å². The van der Waals surface area contributed by atoms with Crippen molar-refractivity contribution in [2.75, 3.05) is 16.6 Å². The average molecular weight is 564 g/mol. The van der Waals surface area contributed by atoms with Crippen LogP contribution in [0, 0.1) is 0 Å². The number of ether oxygens (including phenoxy) is 1. The van der Waals surface area contributed by atoms with Gasteiger partial charge in [0.15, 0.2) is 0 Å². The van der Waals surface area contributed by atoms with Gasteiger partial charge in [0.2, 0.25) is 0 Å². The van der Waals surface area contributed by atoms with E-state index in [0.717, 1.165) is 5.56 Å². The quantitative estimate of drug-likeness (QED) is 0.213. The molecule has 2 aromatic carbocycles. The summed E-state index contributed by atoms with van der Waals surface area (Å²) >= 11 is 5.90. The molecule has 0 radical (unpaired) electrons. The maximum absolute atomic E-state index is 13.0. The van der Waals surface area contributed by atoms with Crippen LogP contribution in [0.25, 0.3) is 11.3 Å². The summed E-state index contributed by atoms with van der Waals surface area (Å²) in [5, 5.41) is 10.2. The first-order valence-electron chi connectivity index (χ1n) is 10.9. The van der Waals surface area contributed by atoms with Crippen LogP contribution in [0.5, 0.6) is 5.75 Å². The standard InChI is InChI=1S/C23H20ClF2N7O4S/c24-15-4-1-13(2-5-15)7-10-37-17-11-14(3-6-16(17)33-38(35,36)23(25)26)20-19(21(27)34)22(32-31-20)30-18-12-28-8-9-29-18/h1-6,8-9,11-12,23,33H,7,10H2,(H2,27,34)(H2,29,30,31,32). The van der Waals surface area contributed by atoms with Crippen molar-refractivity contribution in [3.05, 3.63) is 77.2 Å². The molecular formula is C23H20ClF2N7O4S. The Balaban J connectivity index is 1.67. The van der Waals surface area contributed by atoms with Gasteiger partial charge in [-0.1, -0.05) is 29.8 Å². The Morgan fingerprint density at radius 2 is 1.92 bits per heavy atom. The van der Waals surface area contributed by atoms with Crippen LogP contribution in [0.4, 0.5) is 26.1 Å². The first-order chi connectivity index (χ1) is 18.1. The zero-order valence-corrected chi connectivity index (χ0v) is 20.9. The van der Waals surface area contributed by atoms with Crippen molar-refractivity contribution < 1.29 is 26.7 Å². The fourth-order valence-electron chi connectivity index (χ4n) is 3.37. The number of amides is 1. The zero-order chi connectivity index (χ0) is 27.3. The van der Waals surface area contributed by atoms with E-state index in [1.807, 2.05) is 4.72 Å². The first-order valence-corrected chi connectivity index (χ1v) is 12.8. The Morgan fingerprint density at radius 1 is 1.16 bits per heavy atom. The van der Waals surface area contributed by atoms with Gasteiger partial charge in [0.1, 0.15) is 28.6 Å². The highest BCUT2D eigenvalue weighted by molar-refractivity contribution is 7.93. The number of alkyl halides is 2. The van der Waals surface area contributed by atoms with Crippen LogP contribution < -0.4 is 20.5 Å². The second-order valence-electron chi connectivity index (χ2n) is 7.75. The topological polar surface area (TPSA) is 165 Å². The number of carbonyl (C=O) groups is 1. The van der Waals surface area contributed by atoms with Crippen molar-refractivity contribution in [2.24, 2.45) is 5.73 Å². The summed E-state index contributed by atoms with van der Waals surface area (Å²) in [4.78, 5) is 20.3. The summed E-state index contributed by atoms with van der Waals surface area (Å²) in [6, 6.07) is 10.9. The number of nitrogens with two attached hydrogens (primary N) is 1. The number of primary amides is 1. The van der Waals surface area contributed by atoms with Crippen LogP contribution in [0.2, 0.25) is 5.02 Å². The molecule has 2 heterocycles. The maximum Gasteiger partial charge on any atom is 0.355 e. The average Bonchev–Trinajstić information content (AvgIpc) is 3.30. The second kappa shape index (κ2) is 11.4. The molecule has 15 heteroatoms. The summed E-state index contributed by atoms with van der Waals surface area (Å²) in [7, 11) is -4.98. The van der Waals surface area contributed by atoms with E-state index in [1.165, 1.54) is 36.8 Å². The molecule has 0 spiro atoms. The molecule has 0 fully saturated rings. The van der Waals surface area contributed by atoms with Crippen LogP contribution >= 0.6 is 11.6 Å². The molecule has 38 heavy (non-hydrogen) atoms. The van der Waals surface area contributed by atoms with Crippen molar-refractivity contribution in [3.63, 3.8) is 0 Å². The number of sulfonamides is 1. The summed E-state index contributed by atoms with van der Waals surface area (Å²) < 4.78 is 57.3. The number of aromatic amines is 1. The fourth-order valence-corrected chi connectivity index (χ4v) is 4.06. The number of aromatic nitrogens is 4. The summed E-state index contributed by atoms with van der Waals surface area (Å²) in [6.07, 6.45) is 4.73. The molecule has 0 saturated heterocycles. The lowest BCUT2D eigenvalue weighted by molar-refractivity contribution is 0.100. The van der Waals surface area contributed by atoms with Crippen LogP contribution in [-0.4, -0.2) is 46.9 Å². The molecule has 0 aliphatic heterocycles. The maximum atomic E-state index is 13.0. The molecule has 0 atom stereocenters. The molecule has 2 aromatic heterocycles. The van der Waals surface area contributed by atoms with E-state index >= 15 is 0 Å². The molecular weight excluding hydrogens is 544 g/mol. The van der Waals surface area contributed by atoms with Crippen molar-refractivity contribution in [1.82, 2.24) is 20.2 Å². The number of H-pyrrole nitrogens is 1. The van der Waals surface area contributed by atoms with Crippen molar-refractivity contribution in [3.8, 4) is 17.0 Å². The summed E-state index contributed by atoms with van der Waals surface area (Å²) in [6.45, 7) is 0.0667. The summed E-state index contributed by atoms with van der Waals surface area (Å²) in [5.41, 5.74) is 6.63. The predicted molar refractivity (Wildman–Crippen MR) is 137 cm³/mol. The SMILES string of the molecule is NC(=O)c1c(-c2ccc(NS(=O)(=O)C(F)F)c(OCCc3ccc(Cl)cc3)c2)n[nH]c1Nc1cnccn1. The predicted octanol–water partition coefficient (Wildman–Crippen LogP) is 3.95. The summed E-state index contributed by atoms with van der Waals surface area (Å²) in [5.74, 6) is -4.10. The minimum atomic E-state index is -4.98. The van der Waals surface area contributed by atoms with E-state index in [1.54, 1.807) is 24.3 Å². The van der Waals surface area contributed by atoms with E-state index in [-0.39, 0.29) is 35.1 Å². The molecule has 0 aliphatic carbocycles. The van der Waals surface area contributed by atoms with E-state index in [2.05, 4.69) is 25.5 Å². The Morgan fingerprint density at radius 3 is 2.58 bits per heavy atom. The minimum Gasteiger partial charge on any atom is -0.491 e. The van der Waals surface area contributed by atoms with Gasteiger partial charge in [0.05, 0.1) is 18.5 Å². The number of hydrogen-bond acceptors (Lipinski definition) is 8. The smallest absolute Gasteiger partial charge is 0.355 e. The van der Waals surface area contributed by atoms with Crippen LogP contribution in [0.15, 0.2) is 61.1 Å². The van der Waals surface area contributed by atoms with E-state index in [9.17, 15) is 22.0 Å². The van der Waals surface area contributed by atoms with E-state index in [0.29, 0.717) is 22.8 Å². The molecule has 0 bridgehead atoms. The van der Waals surface area contributed by atoms with Gasteiger partial charge in [0, 0.05) is 29.4 Å². The number of nitrogens with one attached hydrogen (secondary N) is 3. The number of halogens is 3. The molecule has 4 aromatic rings. The Bertz CT molecular complexity index is 1540. The number of rotatable bonds is 11. The van der Waals surface area contributed by atoms with Gasteiger partial charge >= 0.3 is 5.76 Å². The molecule has 198 valence electrons. The number of hydrogen-bond donors (Lipinski definition) is 4. The minimum absolute atomic E-state index is 0.0244. The third-order valence-electron chi connectivity index (χ3n) is 5.13. The Hall–Kier alpha value is -4.30. The van der Waals surface area contributed by atoms with Crippen molar-refractivity contribution in [2.45, 2.75) is 12.2 Å². The molecule has 5 N–H and O–H groups in total. The van der Waals surface area contributed by atoms with Gasteiger partial charge in [-0.3, -0.25) is 19.6 Å².